The van der Waals surface area contributed by atoms with Crippen molar-refractivity contribution in [1.29, 1.82) is 0 Å². The lowest BCUT2D eigenvalue weighted by atomic mass is 10.1. The van der Waals surface area contributed by atoms with E-state index < -0.39 is 0 Å². The molecule has 1 fully saturated rings. The van der Waals surface area contributed by atoms with Crippen LogP contribution in [-0.4, -0.2) is 62.3 Å². The average Bonchev–Trinajstić information content (AvgIpc) is 2.61. The summed E-state index contributed by atoms with van der Waals surface area (Å²) < 4.78 is 10.6. The summed E-state index contributed by atoms with van der Waals surface area (Å²) in [5, 5.41) is 3.03. The maximum Gasteiger partial charge on any atom is 0.317 e. The van der Waals surface area contributed by atoms with Crippen LogP contribution in [0, 0.1) is 0 Å². The third-order valence-electron chi connectivity index (χ3n) is 4.50. The molecule has 1 aromatic rings. The number of nitrogens with one attached hydrogen (secondary N) is 1. The number of hydrogen-bond acceptors (Lipinski definition) is 4. The van der Waals surface area contributed by atoms with E-state index in [4.69, 9.17) is 9.47 Å². The topological polar surface area (TPSA) is 54.0 Å². The van der Waals surface area contributed by atoms with Gasteiger partial charge in [0.25, 0.3) is 0 Å². The summed E-state index contributed by atoms with van der Waals surface area (Å²) >= 11 is 0. The van der Waals surface area contributed by atoms with Gasteiger partial charge in [-0.05, 0) is 31.0 Å². The van der Waals surface area contributed by atoms with Crippen LogP contribution in [0.15, 0.2) is 18.2 Å². The van der Waals surface area contributed by atoms with E-state index in [1.165, 1.54) is 5.56 Å². The standard InChI is InChI=1S/C18H29N3O3/c1-5-14(2)19-18(22)21-10-8-20(9-11-21)13-15-6-7-16(23-3)17(12-15)24-4/h6-7,12,14H,5,8-11,13H2,1-4H3,(H,19,22). The van der Waals surface area contributed by atoms with E-state index in [0.29, 0.717) is 0 Å². The van der Waals surface area contributed by atoms with Gasteiger partial charge < -0.3 is 19.7 Å². The minimum atomic E-state index is 0.0510. The molecule has 0 spiro atoms. The fourth-order valence-electron chi connectivity index (χ4n) is 2.75. The molecule has 2 rings (SSSR count). The Morgan fingerprint density at radius 3 is 2.42 bits per heavy atom. The van der Waals surface area contributed by atoms with Crippen LogP contribution >= 0.6 is 0 Å². The highest BCUT2D eigenvalue weighted by atomic mass is 16.5. The van der Waals surface area contributed by atoms with Gasteiger partial charge in [-0.15, -0.1) is 0 Å². The van der Waals surface area contributed by atoms with Gasteiger partial charge in [-0.1, -0.05) is 13.0 Å². The molecule has 0 radical (unpaired) electrons. The largest absolute Gasteiger partial charge is 0.493 e. The maximum atomic E-state index is 12.2. The molecule has 6 nitrogen and oxygen atoms in total. The van der Waals surface area contributed by atoms with Gasteiger partial charge in [0.05, 0.1) is 14.2 Å². The third-order valence-corrected chi connectivity index (χ3v) is 4.50. The Kier molecular flexibility index (Phi) is 6.73. The molecule has 1 unspecified atom stereocenters. The Bertz CT molecular complexity index is 542. The summed E-state index contributed by atoms with van der Waals surface area (Å²) in [7, 11) is 3.29. The number of carbonyl (C=O) groups is 1. The molecular weight excluding hydrogens is 306 g/mol. The van der Waals surface area contributed by atoms with Crippen LogP contribution in [0.25, 0.3) is 0 Å². The van der Waals surface area contributed by atoms with Crippen molar-refractivity contribution in [3.63, 3.8) is 0 Å². The summed E-state index contributed by atoms with van der Waals surface area (Å²) in [6.07, 6.45) is 0.949. The lowest BCUT2D eigenvalue weighted by molar-refractivity contribution is 0.133. The van der Waals surface area contributed by atoms with Crippen LogP contribution in [-0.2, 0) is 6.54 Å². The van der Waals surface area contributed by atoms with Crippen molar-refractivity contribution in [1.82, 2.24) is 15.1 Å². The number of piperazine rings is 1. The number of rotatable bonds is 6. The van der Waals surface area contributed by atoms with Crippen LogP contribution < -0.4 is 14.8 Å². The number of ether oxygens (including phenoxy) is 2. The average molecular weight is 335 g/mol. The first-order valence-corrected chi connectivity index (χ1v) is 8.56. The molecule has 24 heavy (non-hydrogen) atoms. The van der Waals surface area contributed by atoms with Crippen molar-refractivity contribution in [2.45, 2.75) is 32.9 Å². The van der Waals surface area contributed by atoms with Crippen LogP contribution in [0.3, 0.4) is 0 Å². The molecule has 1 heterocycles. The first-order chi connectivity index (χ1) is 11.6. The first-order valence-electron chi connectivity index (χ1n) is 8.56. The zero-order valence-electron chi connectivity index (χ0n) is 15.2. The summed E-state index contributed by atoms with van der Waals surface area (Å²) in [6.45, 7) is 8.23. The molecular formula is C18H29N3O3. The molecule has 6 heteroatoms. The predicted molar refractivity (Wildman–Crippen MR) is 94.7 cm³/mol. The van der Waals surface area contributed by atoms with Crippen molar-refractivity contribution in [3.05, 3.63) is 23.8 Å². The van der Waals surface area contributed by atoms with Gasteiger partial charge in [-0.25, -0.2) is 4.79 Å². The molecule has 134 valence electrons. The molecule has 1 saturated heterocycles. The smallest absolute Gasteiger partial charge is 0.317 e. The normalized spacial score (nSPS) is 16.6. The molecule has 0 aliphatic carbocycles. The summed E-state index contributed by atoms with van der Waals surface area (Å²) in [4.78, 5) is 16.4. The van der Waals surface area contributed by atoms with Gasteiger partial charge >= 0.3 is 6.03 Å². The number of hydrogen-bond donors (Lipinski definition) is 1. The maximum absolute atomic E-state index is 12.2. The van der Waals surface area contributed by atoms with Gasteiger partial charge in [0, 0.05) is 38.8 Å². The van der Waals surface area contributed by atoms with Crippen LogP contribution in [0.1, 0.15) is 25.8 Å². The summed E-state index contributed by atoms with van der Waals surface area (Å²) in [5.41, 5.74) is 1.19. The van der Waals surface area contributed by atoms with Crippen LogP contribution in [0.5, 0.6) is 11.5 Å². The Morgan fingerprint density at radius 2 is 1.83 bits per heavy atom. The Morgan fingerprint density at radius 1 is 1.17 bits per heavy atom. The van der Waals surface area contributed by atoms with Crippen molar-refractivity contribution in [2.24, 2.45) is 0 Å². The predicted octanol–water partition coefficient (Wildman–Crippen LogP) is 2.33. The molecule has 2 amide bonds. The second-order valence-electron chi connectivity index (χ2n) is 6.21. The number of urea groups is 1. The van der Waals surface area contributed by atoms with E-state index in [-0.39, 0.29) is 12.1 Å². The van der Waals surface area contributed by atoms with E-state index in [9.17, 15) is 4.79 Å². The highest BCUT2D eigenvalue weighted by Crippen LogP contribution is 2.28. The van der Waals surface area contributed by atoms with Crippen molar-refractivity contribution in [2.75, 3.05) is 40.4 Å². The molecule has 1 N–H and O–H groups in total. The van der Waals surface area contributed by atoms with Gasteiger partial charge in [-0.2, -0.15) is 0 Å². The minimum Gasteiger partial charge on any atom is -0.493 e. The molecule has 1 aliphatic heterocycles. The third kappa shape index (κ3) is 4.77. The van der Waals surface area contributed by atoms with E-state index in [2.05, 4.69) is 23.2 Å². The van der Waals surface area contributed by atoms with E-state index >= 15 is 0 Å². The van der Waals surface area contributed by atoms with Gasteiger partial charge in [0.1, 0.15) is 0 Å². The molecule has 0 saturated carbocycles. The zero-order valence-corrected chi connectivity index (χ0v) is 15.2. The lowest BCUT2D eigenvalue weighted by Crippen LogP contribution is -2.52. The van der Waals surface area contributed by atoms with Gasteiger partial charge in [-0.3, -0.25) is 4.90 Å². The van der Waals surface area contributed by atoms with E-state index in [1.807, 2.05) is 24.0 Å². The van der Waals surface area contributed by atoms with Crippen molar-refractivity contribution in [3.8, 4) is 11.5 Å². The second-order valence-corrected chi connectivity index (χ2v) is 6.21. The Balaban J connectivity index is 1.86. The van der Waals surface area contributed by atoms with E-state index in [0.717, 1.165) is 50.6 Å². The fourth-order valence-corrected chi connectivity index (χ4v) is 2.75. The fraction of sp³-hybridized carbons (Fsp3) is 0.611. The zero-order chi connectivity index (χ0) is 17.5. The number of benzene rings is 1. The molecule has 1 aromatic carbocycles. The van der Waals surface area contributed by atoms with Crippen LogP contribution in [0.2, 0.25) is 0 Å². The van der Waals surface area contributed by atoms with Gasteiger partial charge in [0.15, 0.2) is 11.5 Å². The van der Waals surface area contributed by atoms with E-state index in [1.54, 1.807) is 14.2 Å². The van der Waals surface area contributed by atoms with Crippen LogP contribution in [0.4, 0.5) is 4.79 Å². The number of nitrogens with zero attached hydrogens (tertiary/aromatic N) is 2. The molecule has 1 aliphatic rings. The highest BCUT2D eigenvalue weighted by molar-refractivity contribution is 5.74. The molecule has 0 aromatic heterocycles. The quantitative estimate of drug-likeness (QED) is 0.867. The SMILES string of the molecule is CCC(C)NC(=O)N1CCN(Cc2ccc(OC)c(OC)c2)CC1. The number of amides is 2. The molecule has 0 bridgehead atoms. The highest BCUT2D eigenvalue weighted by Gasteiger charge is 2.22. The van der Waals surface area contributed by atoms with Crippen molar-refractivity contribution < 1.29 is 14.3 Å². The monoisotopic (exact) mass is 335 g/mol. The van der Waals surface area contributed by atoms with Gasteiger partial charge in [0.2, 0.25) is 0 Å². The summed E-state index contributed by atoms with van der Waals surface area (Å²) in [5.74, 6) is 1.49. The lowest BCUT2D eigenvalue weighted by Gasteiger charge is -2.35. The summed E-state index contributed by atoms with van der Waals surface area (Å²) in [6, 6.07) is 6.28. The Labute approximate surface area is 144 Å². The minimum absolute atomic E-state index is 0.0510. The number of carbonyl (C=O) groups excluding carboxylic acids is 1. The first kappa shape index (κ1) is 18.4. The van der Waals surface area contributed by atoms with Crippen molar-refractivity contribution >= 4 is 6.03 Å². The Hall–Kier alpha value is -1.95. The second kappa shape index (κ2) is 8.78. The number of methoxy groups -OCH3 is 2. The molecule has 1 atom stereocenters.